The second-order valence-electron chi connectivity index (χ2n) is 5.62. The fourth-order valence-electron chi connectivity index (χ4n) is 2.81. The molecule has 1 fully saturated rings. The highest BCUT2D eigenvalue weighted by Crippen LogP contribution is 2.24. The van der Waals surface area contributed by atoms with Crippen molar-refractivity contribution in [1.82, 2.24) is 14.9 Å². The smallest absolute Gasteiger partial charge is 0.341 e. The first kappa shape index (κ1) is 16.5. The van der Waals surface area contributed by atoms with Gasteiger partial charge in [0.15, 0.2) is 0 Å². The van der Waals surface area contributed by atoms with Gasteiger partial charge in [-0.1, -0.05) is 30.3 Å². The van der Waals surface area contributed by atoms with E-state index in [4.69, 9.17) is 9.47 Å². The highest BCUT2D eigenvalue weighted by molar-refractivity contribution is 5.90. The normalized spacial score (nSPS) is 18.3. The largest absolute Gasteiger partial charge is 0.462 e. The fraction of sp³-hybridized carbons (Fsp3) is 0.389. The summed E-state index contributed by atoms with van der Waals surface area (Å²) in [5, 5.41) is 0. The van der Waals surface area contributed by atoms with Gasteiger partial charge in [-0.05, 0) is 12.5 Å². The van der Waals surface area contributed by atoms with Crippen LogP contribution < -0.4 is 0 Å². The van der Waals surface area contributed by atoms with E-state index in [1.165, 1.54) is 18.1 Å². The summed E-state index contributed by atoms with van der Waals surface area (Å²) in [5.74, 6) is -0.406. The van der Waals surface area contributed by atoms with E-state index in [1.807, 2.05) is 18.2 Å². The number of carbonyl (C=O) groups is 1. The van der Waals surface area contributed by atoms with Gasteiger partial charge in [-0.2, -0.15) is 0 Å². The molecule has 2 heterocycles. The van der Waals surface area contributed by atoms with Crippen molar-refractivity contribution in [2.24, 2.45) is 0 Å². The van der Waals surface area contributed by atoms with Crippen LogP contribution >= 0.6 is 0 Å². The first-order valence-electron chi connectivity index (χ1n) is 8.13. The molecule has 0 radical (unpaired) electrons. The first-order valence-corrected chi connectivity index (χ1v) is 8.13. The second-order valence-corrected chi connectivity index (χ2v) is 5.62. The molecule has 1 atom stereocenters. The third-order valence-electron chi connectivity index (χ3n) is 3.94. The van der Waals surface area contributed by atoms with Crippen LogP contribution in [0.3, 0.4) is 0 Å². The Kier molecular flexibility index (Phi) is 5.51. The summed E-state index contributed by atoms with van der Waals surface area (Å²) in [6.45, 7) is 5.08. The Labute approximate surface area is 141 Å². The molecule has 0 spiro atoms. The highest BCUT2D eigenvalue weighted by atomic mass is 16.5. The Balaban J connectivity index is 1.74. The van der Waals surface area contributed by atoms with Crippen LogP contribution in [0, 0.1) is 0 Å². The van der Waals surface area contributed by atoms with Gasteiger partial charge in [0.25, 0.3) is 0 Å². The van der Waals surface area contributed by atoms with Gasteiger partial charge >= 0.3 is 5.97 Å². The van der Waals surface area contributed by atoms with Crippen LogP contribution in [-0.2, 0) is 16.0 Å². The molecule has 6 nitrogen and oxygen atoms in total. The summed E-state index contributed by atoms with van der Waals surface area (Å²) in [7, 11) is 0. The molecule has 0 N–H and O–H groups in total. The molecule has 0 saturated carbocycles. The molecular weight excluding hydrogens is 306 g/mol. The van der Waals surface area contributed by atoms with Gasteiger partial charge < -0.3 is 9.47 Å². The first-order chi connectivity index (χ1) is 11.8. The number of esters is 1. The number of hydrogen-bond donors (Lipinski definition) is 0. The molecule has 24 heavy (non-hydrogen) atoms. The van der Waals surface area contributed by atoms with Crippen LogP contribution in [0.5, 0.6) is 0 Å². The van der Waals surface area contributed by atoms with Gasteiger partial charge in [-0.15, -0.1) is 0 Å². The molecule has 0 aliphatic carbocycles. The minimum atomic E-state index is -0.406. The molecule has 6 heteroatoms. The number of nitrogens with zero attached hydrogens (tertiary/aromatic N) is 3. The number of ether oxygens (including phenoxy) is 2. The predicted molar refractivity (Wildman–Crippen MR) is 88.4 cm³/mol. The number of benzene rings is 1. The maximum atomic E-state index is 12.1. The van der Waals surface area contributed by atoms with Crippen molar-refractivity contribution in [3.63, 3.8) is 0 Å². The average molecular weight is 327 g/mol. The van der Waals surface area contributed by atoms with Gasteiger partial charge in [0.1, 0.15) is 18.0 Å². The summed E-state index contributed by atoms with van der Waals surface area (Å²) < 4.78 is 11.0. The van der Waals surface area contributed by atoms with Crippen LogP contribution in [0.2, 0.25) is 0 Å². The van der Waals surface area contributed by atoms with Crippen molar-refractivity contribution in [2.75, 3.05) is 26.3 Å². The molecule has 1 saturated heterocycles. The SMILES string of the molecule is CCOC(=O)c1cncnc1C1CN(Cc2ccccc2)CCO1. The molecule has 1 aromatic carbocycles. The minimum absolute atomic E-state index is 0.259. The molecular formula is C18H21N3O3. The lowest BCUT2D eigenvalue weighted by Crippen LogP contribution is -2.38. The molecule has 1 aliphatic heterocycles. The van der Waals surface area contributed by atoms with Gasteiger partial charge in [0.2, 0.25) is 0 Å². The molecule has 1 unspecified atom stereocenters. The predicted octanol–water partition coefficient (Wildman–Crippen LogP) is 2.23. The van der Waals surface area contributed by atoms with Crippen LogP contribution in [0.1, 0.15) is 34.6 Å². The Bertz CT molecular complexity index is 678. The highest BCUT2D eigenvalue weighted by Gasteiger charge is 2.27. The summed E-state index contributed by atoms with van der Waals surface area (Å²) in [6, 6.07) is 10.3. The monoisotopic (exact) mass is 327 g/mol. The molecule has 2 aromatic rings. The topological polar surface area (TPSA) is 64.5 Å². The van der Waals surface area contributed by atoms with E-state index < -0.39 is 5.97 Å². The van der Waals surface area contributed by atoms with Crippen LogP contribution in [0.25, 0.3) is 0 Å². The van der Waals surface area contributed by atoms with E-state index in [9.17, 15) is 4.79 Å². The van der Waals surface area contributed by atoms with E-state index in [0.717, 1.165) is 13.1 Å². The zero-order valence-corrected chi connectivity index (χ0v) is 13.7. The Morgan fingerprint density at radius 2 is 2.21 bits per heavy atom. The third kappa shape index (κ3) is 3.96. The Morgan fingerprint density at radius 3 is 3.00 bits per heavy atom. The number of carbonyl (C=O) groups excluding carboxylic acids is 1. The zero-order chi connectivity index (χ0) is 16.8. The number of rotatable bonds is 5. The summed E-state index contributed by atoms with van der Waals surface area (Å²) in [5.41, 5.74) is 2.23. The van der Waals surface area contributed by atoms with Crippen molar-refractivity contribution in [1.29, 1.82) is 0 Å². The summed E-state index contributed by atoms with van der Waals surface area (Å²) in [6.07, 6.45) is 2.68. The molecule has 126 valence electrons. The van der Waals surface area contributed by atoms with E-state index in [-0.39, 0.29) is 6.10 Å². The number of aromatic nitrogens is 2. The van der Waals surface area contributed by atoms with Gasteiger partial charge in [0.05, 0.1) is 18.9 Å². The van der Waals surface area contributed by atoms with Gasteiger partial charge in [-0.3, -0.25) is 4.90 Å². The average Bonchev–Trinajstić information content (AvgIpc) is 2.63. The zero-order valence-electron chi connectivity index (χ0n) is 13.7. The van der Waals surface area contributed by atoms with Crippen molar-refractivity contribution in [3.05, 3.63) is 59.7 Å². The summed E-state index contributed by atoms with van der Waals surface area (Å²) >= 11 is 0. The van der Waals surface area contributed by atoms with Crippen LogP contribution in [-0.4, -0.2) is 47.1 Å². The molecule has 0 amide bonds. The fourth-order valence-corrected chi connectivity index (χ4v) is 2.81. The second kappa shape index (κ2) is 7.99. The van der Waals surface area contributed by atoms with Crippen LogP contribution in [0.15, 0.2) is 42.9 Å². The van der Waals surface area contributed by atoms with Crippen molar-refractivity contribution < 1.29 is 14.3 Å². The Morgan fingerprint density at radius 1 is 1.38 bits per heavy atom. The molecule has 1 aliphatic rings. The van der Waals surface area contributed by atoms with Crippen LogP contribution in [0.4, 0.5) is 0 Å². The van der Waals surface area contributed by atoms with Crippen molar-refractivity contribution >= 4 is 5.97 Å². The van der Waals surface area contributed by atoms with E-state index in [1.54, 1.807) is 6.92 Å². The maximum Gasteiger partial charge on any atom is 0.341 e. The number of hydrogen-bond acceptors (Lipinski definition) is 6. The van der Waals surface area contributed by atoms with Gasteiger partial charge in [0, 0.05) is 25.8 Å². The number of morpholine rings is 1. The van der Waals surface area contributed by atoms with Crippen molar-refractivity contribution in [3.8, 4) is 0 Å². The quantitative estimate of drug-likeness (QED) is 0.785. The van der Waals surface area contributed by atoms with E-state index in [0.29, 0.717) is 31.0 Å². The van der Waals surface area contributed by atoms with Gasteiger partial charge in [-0.25, -0.2) is 14.8 Å². The maximum absolute atomic E-state index is 12.1. The van der Waals surface area contributed by atoms with E-state index in [2.05, 4.69) is 27.0 Å². The van der Waals surface area contributed by atoms with E-state index >= 15 is 0 Å². The molecule has 1 aromatic heterocycles. The lowest BCUT2D eigenvalue weighted by atomic mass is 10.1. The lowest BCUT2D eigenvalue weighted by molar-refractivity contribution is -0.0357. The molecule has 3 rings (SSSR count). The third-order valence-corrected chi connectivity index (χ3v) is 3.94. The minimum Gasteiger partial charge on any atom is -0.462 e. The van der Waals surface area contributed by atoms with Crippen molar-refractivity contribution in [2.45, 2.75) is 19.6 Å². The molecule has 0 bridgehead atoms. The summed E-state index contributed by atoms with van der Waals surface area (Å²) in [4.78, 5) is 22.6. The standard InChI is InChI=1S/C18H21N3O3/c1-2-23-18(22)15-10-19-13-20-17(15)16-12-21(8-9-24-16)11-14-6-4-3-5-7-14/h3-7,10,13,16H,2,8-9,11-12H2,1H3. The lowest BCUT2D eigenvalue weighted by Gasteiger charge is -2.33. The Hall–Kier alpha value is -2.31.